The number of carbonyl (C=O) groups is 2. The van der Waals surface area contributed by atoms with Crippen LogP contribution in [-0.2, 0) is 9.59 Å². The molecule has 6 heteroatoms. The summed E-state index contributed by atoms with van der Waals surface area (Å²) in [4.78, 5) is 25.2. The minimum atomic E-state index is -0.502. The largest absolute Gasteiger partial charge is 0.493 e. The van der Waals surface area contributed by atoms with Gasteiger partial charge in [-0.25, -0.2) is 0 Å². The average Bonchev–Trinajstić information content (AvgIpc) is 3.04. The predicted octanol–water partition coefficient (Wildman–Crippen LogP) is 1.33. The molecule has 2 rings (SSSR count). The first-order valence-electron chi connectivity index (χ1n) is 7.45. The van der Waals surface area contributed by atoms with E-state index in [1.807, 2.05) is 6.07 Å². The maximum Gasteiger partial charge on any atom is 0.261 e. The third kappa shape index (κ3) is 4.13. The number of methoxy groups -OCH3 is 1. The molecule has 0 saturated heterocycles. The molecule has 0 unspecified atom stereocenters. The van der Waals surface area contributed by atoms with Gasteiger partial charge in [0, 0.05) is 6.04 Å². The predicted molar refractivity (Wildman–Crippen MR) is 81.7 cm³/mol. The van der Waals surface area contributed by atoms with Gasteiger partial charge in [-0.3, -0.25) is 9.59 Å². The molecule has 1 aromatic carbocycles. The first kappa shape index (κ1) is 16.1. The number of nitrogens with zero attached hydrogens (tertiary/aromatic N) is 1. The summed E-state index contributed by atoms with van der Waals surface area (Å²) < 4.78 is 10.7. The highest BCUT2D eigenvalue weighted by atomic mass is 16.5. The third-order valence-electron chi connectivity index (χ3n) is 3.83. The quantitative estimate of drug-likeness (QED) is 0.824. The highest BCUT2D eigenvalue weighted by Gasteiger charge is 2.28. The highest BCUT2D eigenvalue weighted by Crippen LogP contribution is 2.26. The first-order valence-corrected chi connectivity index (χ1v) is 7.45. The van der Waals surface area contributed by atoms with Crippen LogP contribution < -0.4 is 15.2 Å². The Kier molecular flexibility index (Phi) is 5.63. The Morgan fingerprint density at radius 3 is 2.45 bits per heavy atom. The molecule has 1 fully saturated rings. The lowest BCUT2D eigenvalue weighted by Gasteiger charge is -2.27. The van der Waals surface area contributed by atoms with Gasteiger partial charge in [-0.15, -0.1) is 0 Å². The number of amides is 2. The van der Waals surface area contributed by atoms with Crippen LogP contribution in [0.25, 0.3) is 0 Å². The summed E-state index contributed by atoms with van der Waals surface area (Å²) in [6.07, 6.45) is 3.96. The number of benzene rings is 1. The minimum Gasteiger partial charge on any atom is -0.493 e. The fourth-order valence-electron chi connectivity index (χ4n) is 2.77. The van der Waals surface area contributed by atoms with Crippen LogP contribution in [0.4, 0.5) is 0 Å². The normalized spacial score (nSPS) is 14.6. The Labute approximate surface area is 130 Å². The van der Waals surface area contributed by atoms with E-state index in [0.29, 0.717) is 11.5 Å². The molecule has 2 N–H and O–H groups in total. The molecule has 1 aromatic rings. The monoisotopic (exact) mass is 306 g/mol. The molecule has 0 heterocycles. The summed E-state index contributed by atoms with van der Waals surface area (Å²) in [7, 11) is 1.54. The van der Waals surface area contributed by atoms with E-state index in [-0.39, 0.29) is 25.1 Å². The Morgan fingerprint density at radius 1 is 1.23 bits per heavy atom. The van der Waals surface area contributed by atoms with Gasteiger partial charge in [0.25, 0.3) is 5.91 Å². The molecule has 0 radical (unpaired) electrons. The van der Waals surface area contributed by atoms with E-state index >= 15 is 0 Å². The maximum atomic E-state index is 12.4. The molecule has 2 amide bonds. The Hall–Kier alpha value is -2.24. The second kappa shape index (κ2) is 7.68. The summed E-state index contributed by atoms with van der Waals surface area (Å²) in [6, 6.07) is 7.21. The van der Waals surface area contributed by atoms with Crippen molar-refractivity contribution in [1.82, 2.24) is 4.90 Å². The van der Waals surface area contributed by atoms with E-state index < -0.39 is 5.91 Å². The van der Waals surface area contributed by atoms with Crippen LogP contribution in [0.1, 0.15) is 25.7 Å². The lowest BCUT2D eigenvalue weighted by Crippen LogP contribution is -2.46. The first-order chi connectivity index (χ1) is 10.6. The SMILES string of the molecule is COc1ccccc1OCC(=O)N(CC(N)=O)C1CCCC1. The number of ether oxygens (including phenoxy) is 2. The van der Waals surface area contributed by atoms with Gasteiger partial charge >= 0.3 is 0 Å². The molecule has 22 heavy (non-hydrogen) atoms. The zero-order chi connectivity index (χ0) is 15.9. The molecule has 0 aliphatic heterocycles. The molecule has 1 saturated carbocycles. The molecule has 1 aliphatic rings. The zero-order valence-corrected chi connectivity index (χ0v) is 12.8. The molecule has 0 bridgehead atoms. The molecule has 0 spiro atoms. The van der Waals surface area contributed by atoms with Crippen LogP contribution >= 0.6 is 0 Å². The Balaban J connectivity index is 1.99. The number of hydrogen-bond donors (Lipinski definition) is 1. The van der Waals surface area contributed by atoms with Crippen molar-refractivity contribution in [2.24, 2.45) is 5.73 Å². The molecule has 6 nitrogen and oxygen atoms in total. The lowest BCUT2D eigenvalue weighted by molar-refractivity contribution is -0.139. The summed E-state index contributed by atoms with van der Waals surface area (Å²) >= 11 is 0. The van der Waals surface area contributed by atoms with E-state index in [1.165, 1.54) is 0 Å². The Bertz CT molecular complexity index is 527. The van der Waals surface area contributed by atoms with Crippen LogP contribution in [0.15, 0.2) is 24.3 Å². The average molecular weight is 306 g/mol. The lowest BCUT2D eigenvalue weighted by atomic mass is 10.2. The van der Waals surface area contributed by atoms with Gasteiger partial charge in [0.05, 0.1) is 13.7 Å². The van der Waals surface area contributed by atoms with Crippen LogP contribution in [0.3, 0.4) is 0 Å². The van der Waals surface area contributed by atoms with E-state index in [4.69, 9.17) is 15.2 Å². The topological polar surface area (TPSA) is 81.9 Å². The van der Waals surface area contributed by atoms with Gasteiger partial charge in [0.15, 0.2) is 18.1 Å². The van der Waals surface area contributed by atoms with Crippen LogP contribution in [0.2, 0.25) is 0 Å². The van der Waals surface area contributed by atoms with Gasteiger partial charge < -0.3 is 20.1 Å². The molecule has 120 valence electrons. The van der Waals surface area contributed by atoms with Crippen molar-refractivity contribution >= 4 is 11.8 Å². The van der Waals surface area contributed by atoms with Crippen molar-refractivity contribution in [3.63, 3.8) is 0 Å². The van der Waals surface area contributed by atoms with Crippen molar-refractivity contribution in [1.29, 1.82) is 0 Å². The molecular weight excluding hydrogens is 284 g/mol. The fraction of sp³-hybridized carbons (Fsp3) is 0.500. The van der Waals surface area contributed by atoms with Crippen LogP contribution in [0, 0.1) is 0 Å². The highest BCUT2D eigenvalue weighted by molar-refractivity contribution is 5.85. The summed E-state index contributed by atoms with van der Waals surface area (Å²) in [5.41, 5.74) is 5.26. The second-order valence-corrected chi connectivity index (χ2v) is 5.37. The van der Waals surface area contributed by atoms with Gasteiger partial charge in [0.1, 0.15) is 0 Å². The van der Waals surface area contributed by atoms with Gasteiger partial charge in [-0.05, 0) is 25.0 Å². The van der Waals surface area contributed by atoms with Crippen LogP contribution in [-0.4, -0.2) is 43.0 Å². The molecule has 0 aromatic heterocycles. The fourth-order valence-corrected chi connectivity index (χ4v) is 2.77. The van der Waals surface area contributed by atoms with E-state index in [0.717, 1.165) is 25.7 Å². The van der Waals surface area contributed by atoms with Crippen molar-refractivity contribution in [2.45, 2.75) is 31.7 Å². The van der Waals surface area contributed by atoms with E-state index in [1.54, 1.807) is 30.2 Å². The number of hydrogen-bond acceptors (Lipinski definition) is 4. The van der Waals surface area contributed by atoms with Gasteiger partial charge in [0.2, 0.25) is 5.91 Å². The van der Waals surface area contributed by atoms with Crippen molar-refractivity contribution in [3.05, 3.63) is 24.3 Å². The summed E-state index contributed by atoms with van der Waals surface area (Å²) in [5.74, 6) is 0.343. The Morgan fingerprint density at radius 2 is 1.86 bits per heavy atom. The molecule has 0 atom stereocenters. The molecule has 1 aliphatic carbocycles. The number of carbonyl (C=O) groups excluding carboxylic acids is 2. The molecular formula is C16H22N2O4. The zero-order valence-electron chi connectivity index (χ0n) is 12.8. The van der Waals surface area contributed by atoms with Crippen molar-refractivity contribution in [3.8, 4) is 11.5 Å². The maximum absolute atomic E-state index is 12.4. The van der Waals surface area contributed by atoms with Crippen LogP contribution in [0.5, 0.6) is 11.5 Å². The summed E-state index contributed by atoms with van der Waals surface area (Å²) in [6.45, 7) is -0.192. The number of primary amides is 1. The van der Waals surface area contributed by atoms with Gasteiger partial charge in [-0.1, -0.05) is 25.0 Å². The number of nitrogens with two attached hydrogens (primary N) is 1. The second-order valence-electron chi connectivity index (χ2n) is 5.37. The van der Waals surface area contributed by atoms with Crippen molar-refractivity contribution < 1.29 is 19.1 Å². The third-order valence-corrected chi connectivity index (χ3v) is 3.83. The number of para-hydroxylation sites is 2. The smallest absolute Gasteiger partial charge is 0.261 e. The minimum absolute atomic E-state index is 0.0568. The number of rotatable bonds is 7. The standard InChI is InChI=1S/C16H22N2O4/c1-21-13-8-4-5-9-14(13)22-11-16(20)18(10-15(17)19)12-6-2-3-7-12/h4-5,8-9,12H,2-3,6-7,10-11H2,1H3,(H2,17,19). The van der Waals surface area contributed by atoms with E-state index in [9.17, 15) is 9.59 Å². The van der Waals surface area contributed by atoms with Gasteiger partial charge in [-0.2, -0.15) is 0 Å². The summed E-state index contributed by atoms with van der Waals surface area (Å²) in [5, 5.41) is 0. The van der Waals surface area contributed by atoms with E-state index in [2.05, 4.69) is 0 Å². The van der Waals surface area contributed by atoms with Crippen molar-refractivity contribution in [2.75, 3.05) is 20.3 Å².